The number of carbonyl (C=O) groups is 1. The van der Waals surface area contributed by atoms with Crippen LogP contribution in [0.2, 0.25) is 13.1 Å². The first-order valence-electron chi connectivity index (χ1n) is 7.85. The molecule has 159 valence electrons. The highest BCUT2D eigenvalue weighted by molar-refractivity contribution is 7.87. The Hall–Kier alpha value is -1.59. The maximum Gasteiger partial charge on any atom is 0.523 e. The van der Waals surface area contributed by atoms with Crippen molar-refractivity contribution in [3.63, 3.8) is 0 Å². The number of pyridine rings is 1. The van der Waals surface area contributed by atoms with Crippen LogP contribution in [0.5, 0.6) is 0 Å². The summed E-state index contributed by atoms with van der Waals surface area (Å²) < 4.78 is 65.5. The SMILES string of the molecule is C[B]CC(C)OS(=O)(=O)C(F)(F)F.Cc1ccc(N)c(=O)n1C(C)C(=O)OP. The van der Waals surface area contributed by atoms with Gasteiger partial charge in [0, 0.05) is 5.69 Å². The quantitative estimate of drug-likeness (QED) is 0.308. The molecule has 1 radical (unpaired) electrons. The van der Waals surface area contributed by atoms with Crippen LogP contribution in [0.4, 0.5) is 18.9 Å². The number of alkyl halides is 3. The van der Waals surface area contributed by atoms with Gasteiger partial charge in [0.2, 0.25) is 0 Å². The summed E-state index contributed by atoms with van der Waals surface area (Å²) in [6.07, 6.45) is -0.841. The molecule has 3 atom stereocenters. The van der Waals surface area contributed by atoms with Crippen LogP contribution in [-0.2, 0) is 23.6 Å². The molecule has 14 heteroatoms. The highest BCUT2D eigenvalue weighted by atomic mass is 32.2. The van der Waals surface area contributed by atoms with Crippen LogP contribution >= 0.6 is 9.47 Å². The van der Waals surface area contributed by atoms with Crippen molar-refractivity contribution in [1.82, 2.24) is 4.57 Å². The van der Waals surface area contributed by atoms with Gasteiger partial charge in [-0.15, -0.1) is 0 Å². The van der Waals surface area contributed by atoms with E-state index in [0.717, 1.165) is 0 Å². The molecule has 28 heavy (non-hydrogen) atoms. The maximum absolute atomic E-state index is 11.7. The van der Waals surface area contributed by atoms with Gasteiger partial charge in [0.05, 0.1) is 21.3 Å². The molecular formula is C14H22BF3N2O6PS. The molecule has 0 bridgehead atoms. The third-order valence-electron chi connectivity index (χ3n) is 3.34. The minimum Gasteiger partial charge on any atom is -0.450 e. The Bertz CT molecular complexity index is 831. The summed E-state index contributed by atoms with van der Waals surface area (Å²) in [6.45, 7) is 6.16. The molecule has 0 saturated heterocycles. The van der Waals surface area contributed by atoms with Gasteiger partial charge >= 0.3 is 21.6 Å². The number of nitrogen functional groups attached to an aromatic ring is 1. The topological polar surface area (TPSA) is 118 Å². The van der Waals surface area contributed by atoms with Crippen LogP contribution in [0.3, 0.4) is 0 Å². The molecular weight excluding hydrogens is 423 g/mol. The highest BCUT2D eigenvalue weighted by Gasteiger charge is 2.48. The van der Waals surface area contributed by atoms with Crippen molar-refractivity contribution in [1.29, 1.82) is 0 Å². The maximum atomic E-state index is 11.7. The van der Waals surface area contributed by atoms with Crippen molar-refractivity contribution in [2.24, 2.45) is 0 Å². The standard InChI is InChI=1S/C9H13N2O3P.C5H9BF3O3S/c1-5-3-4-7(10)8(12)11(5)6(2)9(13)14-15;1-4(3-6-2)12-13(10,11)5(7,8)9/h3-4,6H,10,15H2,1-2H3;4H,3H2,1-2H3. The Kier molecular flexibility index (Phi) is 10.2. The molecule has 1 aromatic heterocycles. The van der Waals surface area contributed by atoms with Crippen molar-refractivity contribution >= 4 is 38.5 Å². The molecule has 3 unspecified atom stereocenters. The number of halogens is 3. The van der Waals surface area contributed by atoms with Crippen molar-refractivity contribution in [2.75, 3.05) is 5.73 Å². The third-order valence-corrected chi connectivity index (χ3v) is 4.72. The number of aromatic nitrogens is 1. The molecule has 1 aromatic rings. The predicted molar refractivity (Wildman–Crippen MR) is 102 cm³/mol. The zero-order valence-electron chi connectivity index (χ0n) is 15.7. The summed E-state index contributed by atoms with van der Waals surface area (Å²) >= 11 is 0. The Balaban J connectivity index is 0.000000528. The molecule has 0 amide bonds. The van der Waals surface area contributed by atoms with Crippen LogP contribution in [-0.4, -0.2) is 37.8 Å². The zero-order valence-corrected chi connectivity index (χ0v) is 17.7. The first kappa shape index (κ1) is 26.4. The molecule has 0 spiro atoms. The summed E-state index contributed by atoms with van der Waals surface area (Å²) in [5.74, 6) is -0.504. The molecule has 1 heterocycles. The first-order chi connectivity index (χ1) is 12.7. The average molecular weight is 445 g/mol. The van der Waals surface area contributed by atoms with E-state index in [1.165, 1.54) is 24.8 Å². The summed E-state index contributed by atoms with van der Waals surface area (Å²) in [6, 6.07) is 2.52. The molecule has 0 fully saturated rings. The Labute approximate surface area is 164 Å². The normalized spacial score (nSPS) is 13.7. The molecule has 2 N–H and O–H groups in total. The van der Waals surface area contributed by atoms with Gasteiger partial charge in [-0.1, -0.05) is 13.1 Å². The first-order valence-corrected chi connectivity index (χ1v) is 9.73. The second-order valence-electron chi connectivity index (χ2n) is 5.67. The largest absolute Gasteiger partial charge is 0.523 e. The molecule has 0 saturated carbocycles. The number of aryl methyl sites for hydroxylation is 1. The smallest absolute Gasteiger partial charge is 0.450 e. The van der Waals surface area contributed by atoms with Crippen LogP contribution in [0.25, 0.3) is 0 Å². The number of nitrogens with two attached hydrogens (primary N) is 1. The van der Waals surface area contributed by atoms with Gasteiger partial charge in [-0.2, -0.15) is 21.6 Å². The molecule has 0 aliphatic carbocycles. The van der Waals surface area contributed by atoms with Gasteiger partial charge in [-0.3, -0.25) is 13.5 Å². The molecule has 8 nitrogen and oxygen atoms in total. The third kappa shape index (κ3) is 7.44. The number of rotatable bonds is 6. The average Bonchev–Trinajstić information content (AvgIpc) is 2.57. The fourth-order valence-corrected chi connectivity index (χ4v) is 2.81. The van der Waals surface area contributed by atoms with Crippen LogP contribution in [0, 0.1) is 6.92 Å². The highest BCUT2D eigenvalue weighted by Crippen LogP contribution is 2.26. The van der Waals surface area contributed by atoms with E-state index in [4.69, 9.17) is 5.73 Å². The summed E-state index contributed by atoms with van der Waals surface area (Å²) in [5.41, 5.74) is 0.542. The van der Waals surface area contributed by atoms with Gasteiger partial charge in [-0.25, -0.2) is 4.79 Å². The van der Waals surface area contributed by atoms with Crippen LogP contribution < -0.4 is 11.3 Å². The fourth-order valence-electron chi connectivity index (χ4n) is 1.99. The minimum absolute atomic E-state index is 0.115. The number of hydrogen-bond acceptors (Lipinski definition) is 7. The molecule has 0 aliphatic heterocycles. The van der Waals surface area contributed by atoms with E-state index in [0.29, 0.717) is 5.69 Å². The molecule has 0 aromatic carbocycles. The molecule has 1 rings (SSSR count). The van der Waals surface area contributed by atoms with E-state index in [1.807, 2.05) is 9.47 Å². The Morgan fingerprint density at radius 3 is 2.32 bits per heavy atom. The van der Waals surface area contributed by atoms with E-state index < -0.39 is 33.7 Å². The summed E-state index contributed by atoms with van der Waals surface area (Å²) in [4.78, 5) is 23.0. The van der Waals surface area contributed by atoms with Crippen LogP contribution in [0.1, 0.15) is 25.6 Å². The van der Waals surface area contributed by atoms with Crippen molar-refractivity contribution in [2.45, 2.75) is 51.6 Å². The Morgan fingerprint density at radius 1 is 1.36 bits per heavy atom. The van der Waals surface area contributed by atoms with Gasteiger partial charge < -0.3 is 10.3 Å². The number of anilines is 1. The van der Waals surface area contributed by atoms with E-state index in [9.17, 15) is 31.2 Å². The van der Waals surface area contributed by atoms with E-state index >= 15 is 0 Å². The predicted octanol–water partition coefficient (Wildman–Crippen LogP) is 2.04. The lowest BCUT2D eigenvalue weighted by molar-refractivity contribution is -0.136. The summed E-state index contributed by atoms with van der Waals surface area (Å²) in [5, 5.41) is 0. The molecule has 0 aliphatic rings. The van der Waals surface area contributed by atoms with Gasteiger partial charge in [0.25, 0.3) is 5.56 Å². The van der Waals surface area contributed by atoms with E-state index in [1.54, 1.807) is 26.7 Å². The number of carbonyl (C=O) groups excluding carboxylic acids is 1. The van der Waals surface area contributed by atoms with Gasteiger partial charge in [-0.05, 0) is 32.9 Å². The lowest BCUT2D eigenvalue weighted by atomic mass is 9.76. The van der Waals surface area contributed by atoms with Gasteiger partial charge in [0.1, 0.15) is 13.3 Å². The lowest BCUT2D eigenvalue weighted by Gasteiger charge is -2.15. The second kappa shape index (κ2) is 10.8. The fraction of sp³-hybridized carbons (Fsp3) is 0.571. The monoisotopic (exact) mass is 445 g/mol. The Morgan fingerprint density at radius 2 is 1.89 bits per heavy atom. The van der Waals surface area contributed by atoms with Gasteiger partial charge in [0.15, 0.2) is 0 Å². The second-order valence-corrected chi connectivity index (χ2v) is 7.47. The van der Waals surface area contributed by atoms with E-state index in [-0.39, 0.29) is 17.6 Å². The zero-order chi connectivity index (χ0) is 22.3. The van der Waals surface area contributed by atoms with Crippen molar-refractivity contribution in [3.05, 3.63) is 28.2 Å². The summed E-state index contributed by atoms with van der Waals surface area (Å²) in [7, 11) is -2.05. The number of hydrogen-bond donors (Lipinski definition) is 1. The minimum atomic E-state index is -5.44. The van der Waals surface area contributed by atoms with Crippen molar-refractivity contribution < 1.29 is 35.1 Å². The number of nitrogens with zero attached hydrogens (tertiary/aromatic N) is 1. The van der Waals surface area contributed by atoms with E-state index in [2.05, 4.69) is 8.71 Å². The van der Waals surface area contributed by atoms with Crippen molar-refractivity contribution in [3.8, 4) is 0 Å². The van der Waals surface area contributed by atoms with Crippen LogP contribution in [0.15, 0.2) is 16.9 Å². The lowest BCUT2D eigenvalue weighted by Crippen LogP contribution is -2.31.